The molecule has 0 saturated carbocycles. The number of aromatic amines is 1. The molecule has 0 saturated heterocycles. The SMILES string of the molecule is COC(=O)C[C@H](Br)c1nc2ccccc2[nH]c1=O. The maximum absolute atomic E-state index is 11.8. The van der Waals surface area contributed by atoms with E-state index in [-0.39, 0.29) is 17.7 Å². The summed E-state index contributed by atoms with van der Waals surface area (Å²) in [6.45, 7) is 0. The third-order valence-corrected chi connectivity index (χ3v) is 3.25. The first-order chi connectivity index (χ1) is 8.61. The van der Waals surface area contributed by atoms with Crippen LogP contribution in [0.3, 0.4) is 0 Å². The average Bonchev–Trinajstić information content (AvgIpc) is 2.37. The van der Waals surface area contributed by atoms with Gasteiger partial charge >= 0.3 is 5.97 Å². The smallest absolute Gasteiger partial charge is 0.307 e. The lowest BCUT2D eigenvalue weighted by Gasteiger charge is -2.07. The Morgan fingerprint density at radius 1 is 1.50 bits per heavy atom. The van der Waals surface area contributed by atoms with Gasteiger partial charge in [-0.3, -0.25) is 9.59 Å². The zero-order valence-corrected chi connectivity index (χ0v) is 11.2. The molecule has 0 aliphatic carbocycles. The number of aromatic nitrogens is 2. The summed E-state index contributed by atoms with van der Waals surface area (Å²) in [5, 5.41) is 0. The highest BCUT2D eigenvalue weighted by molar-refractivity contribution is 9.09. The molecule has 0 unspecified atom stereocenters. The molecule has 6 heteroatoms. The Morgan fingerprint density at radius 2 is 2.22 bits per heavy atom. The lowest BCUT2D eigenvalue weighted by atomic mass is 10.2. The summed E-state index contributed by atoms with van der Waals surface area (Å²) in [5.41, 5.74) is 1.32. The van der Waals surface area contributed by atoms with Gasteiger partial charge in [0, 0.05) is 0 Å². The first-order valence-corrected chi connectivity index (χ1v) is 6.23. The first-order valence-electron chi connectivity index (χ1n) is 5.31. The number of para-hydroxylation sites is 2. The number of hydrogen-bond acceptors (Lipinski definition) is 4. The van der Waals surface area contributed by atoms with E-state index < -0.39 is 10.8 Å². The molecule has 0 bridgehead atoms. The minimum Gasteiger partial charge on any atom is -0.469 e. The lowest BCUT2D eigenvalue weighted by molar-refractivity contribution is -0.140. The van der Waals surface area contributed by atoms with Gasteiger partial charge in [0.25, 0.3) is 5.56 Å². The Balaban J connectivity index is 2.41. The summed E-state index contributed by atoms with van der Waals surface area (Å²) in [5.74, 6) is -0.397. The van der Waals surface area contributed by atoms with Crippen LogP contribution in [0.1, 0.15) is 16.9 Å². The number of esters is 1. The molecule has 0 amide bonds. The van der Waals surface area contributed by atoms with Gasteiger partial charge in [-0.25, -0.2) is 4.98 Å². The zero-order valence-electron chi connectivity index (χ0n) is 9.64. The van der Waals surface area contributed by atoms with Crippen molar-refractivity contribution in [3.05, 3.63) is 40.3 Å². The molecule has 0 spiro atoms. The van der Waals surface area contributed by atoms with Crippen LogP contribution in [-0.4, -0.2) is 23.0 Å². The summed E-state index contributed by atoms with van der Waals surface area (Å²) < 4.78 is 4.56. The highest BCUT2D eigenvalue weighted by Crippen LogP contribution is 2.23. The van der Waals surface area contributed by atoms with Gasteiger partial charge in [0.05, 0.1) is 29.4 Å². The maximum atomic E-state index is 11.8. The monoisotopic (exact) mass is 310 g/mol. The number of nitrogens with zero attached hydrogens (tertiary/aromatic N) is 1. The van der Waals surface area contributed by atoms with Crippen LogP contribution in [0.15, 0.2) is 29.1 Å². The molecule has 1 atom stereocenters. The van der Waals surface area contributed by atoms with Gasteiger partial charge in [0.15, 0.2) is 0 Å². The van der Waals surface area contributed by atoms with E-state index in [1.807, 2.05) is 12.1 Å². The molecule has 2 aromatic rings. The van der Waals surface area contributed by atoms with E-state index in [2.05, 4.69) is 30.6 Å². The minimum atomic E-state index is -0.460. The largest absolute Gasteiger partial charge is 0.469 e. The average molecular weight is 311 g/mol. The number of methoxy groups -OCH3 is 1. The van der Waals surface area contributed by atoms with Crippen molar-refractivity contribution in [1.29, 1.82) is 0 Å². The topological polar surface area (TPSA) is 72.0 Å². The van der Waals surface area contributed by atoms with Crippen LogP contribution in [0, 0.1) is 0 Å². The number of halogens is 1. The quantitative estimate of drug-likeness (QED) is 0.694. The molecule has 0 fully saturated rings. The summed E-state index contributed by atoms with van der Waals surface area (Å²) in [6, 6.07) is 7.23. The molecule has 1 aromatic heterocycles. The van der Waals surface area contributed by atoms with Gasteiger partial charge < -0.3 is 9.72 Å². The van der Waals surface area contributed by atoms with Crippen molar-refractivity contribution >= 4 is 32.9 Å². The minimum absolute atomic E-state index is 0.0604. The number of carbonyl (C=O) groups is 1. The molecule has 18 heavy (non-hydrogen) atoms. The number of alkyl halides is 1. The molecule has 1 aromatic carbocycles. The van der Waals surface area contributed by atoms with Crippen molar-refractivity contribution in [2.24, 2.45) is 0 Å². The van der Waals surface area contributed by atoms with E-state index in [1.54, 1.807) is 12.1 Å². The van der Waals surface area contributed by atoms with E-state index in [1.165, 1.54) is 7.11 Å². The third-order valence-electron chi connectivity index (χ3n) is 2.50. The summed E-state index contributed by atoms with van der Waals surface area (Å²) in [4.78, 5) is 29.6. The normalized spacial score (nSPS) is 12.3. The predicted octanol–water partition coefficient (Wildman–Crippen LogP) is 1.92. The number of nitrogens with one attached hydrogen (secondary N) is 1. The summed E-state index contributed by atoms with van der Waals surface area (Å²) >= 11 is 3.28. The Kier molecular flexibility index (Phi) is 3.76. The molecular weight excluding hydrogens is 300 g/mol. The summed E-state index contributed by atoms with van der Waals surface area (Å²) in [6.07, 6.45) is 0.0604. The zero-order chi connectivity index (χ0) is 13.1. The van der Waals surface area contributed by atoms with Crippen molar-refractivity contribution in [3.8, 4) is 0 Å². The van der Waals surface area contributed by atoms with Crippen LogP contribution in [0.4, 0.5) is 0 Å². The first kappa shape index (κ1) is 12.8. The van der Waals surface area contributed by atoms with E-state index in [9.17, 15) is 9.59 Å². The fourth-order valence-corrected chi connectivity index (χ4v) is 2.16. The van der Waals surface area contributed by atoms with Gasteiger partial charge in [-0.2, -0.15) is 0 Å². The molecule has 2 rings (SSSR count). The maximum Gasteiger partial charge on any atom is 0.307 e. The van der Waals surface area contributed by atoms with Crippen LogP contribution in [-0.2, 0) is 9.53 Å². The number of H-pyrrole nitrogens is 1. The third kappa shape index (κ3) is 2.59. The molecule has 1 heterocycles. The van der Waals surface area contributed by atoms with Gasteiger partial charge in [-0.1, -0.05) is 28.1 Å². The van der Waals surface area contributed by atoms with Crippen molar-refractivity contribution in [1.82, 2.24) is 9.97 Å². The Labute approximate surface area is 111 Å². The Bertz CT molecular complexity index is 639. The van der Waals surface area contributed by atoms with Gasteiger partial charge in [-0.15, -0.1) is 0 Å². The second-order valence-electron chi connectivity index (χ2n) is 3.72. The molecular formula is C12H11BrN2O3. The summed E-state index contributed by atoms with van der Waals surface area (Å²) in [7, 11) is 1.31. The van der Waals surface area contributed by atoms with Crippen molar-refractivity contribution in [2.45, 2.75) is 11.2 Å². The molecule has 1 N–H and O–H groups in total. The van der Waals surface area contributed by atoms with E-state index in [4.69, 9.17) is 0 Å². The van der Waals surface area contributed by atoms with Gasteiger partial charge in [-0.05, 0) is 12.1 Å². The van der Waals surface area contributed by atoms with Crippen LogP contribution >= 0.6 is 15.9 Å². The van der Waals surface area contributed by atoms with Gasteiger partial charge in [0.2, 0.25) is 0 Å². The van der Waals surface area contributed by atoms with E-state index in [0.717, 1.165) is 0 Å². The van der Waals surface area contributed by atoms with Crippen LogP contribution in [0.5, 0.6) is 0 Å². The number of ether oxygens (including phenoxy) is 1. The van der Waals surface area contributed by atoms with Gasteiger partial charge in [0.1, 0.15) is 5.69 Å². The standard InChI is InChI=1S/C12H11BrN2O3/c1-18-10(16)6-7(13)11-12(17)15-9-5-3-2-4-8(9)14-11/h2-5,7H,6H2,1H3,(H,15,17)/t7-/m0/s1. The van der Waals surface area contributed by atoms with Crippen LogP contribution < -0.4 is 5.56 Å². The van der Waals surface area contributed by atoms with Crippen molar-refractivity contribution < 1.29 is 9.53 Å². The second-order valence-corrected chi connectivity index (χ2v) is 4.82. The Morgan fingerprint density at radius 3 is 2.94 bits per heavy atom. The molecule has 94 valence electrons. The molecule has 0 aliphatic heterocycles. The number of benzene rings is 1. The second kappa shape index (κ2) is 5.30. The number of fused-ring (bicyclic) bond motifs is 1. The number of rotatable bonds is 3. The Hall–Kier alpha value is -1.69. The fraction of sp³-hybridized carbons (Fsp3) is 0.250. The highest BCUT2D eigenvalue weighted by atomic mass is 79.9. The van der Waals surface area contributed by atoms with Crippen molar-refractivity contribution in [2.75, 3.05) is 7.11 Å². The molecule has 0 aliphatic rings. The highest BCUT2D eigenvalue weighted by Gasteiger charge is 2.18. The molecule has 0 radical (unpaired) electrons. The number of hydrogen-bond donors (Lipinski definition) is 1. The van der Waals surface area contributed by atoms with Crippen LogP contribution in [0.2, 0.25) is 0 Å². The lowest BCUT2D eigenvalue weighted by Crippen LogP contribution is -2.18. The molecule has 5 nitrogen and oxygen atoms in total. The van der Waals surface area contributed by atoms with E-state index in [0.29, 0.717) is 11.0 Å². The van der Waals surface area contributed by atoms with Crippen LogP contribution in [0.25, 0.3) is 11.0 Å². The fourth-order valence-electron chi connectivity index (χ4n) is 1.58. The number of carbonyl (C=O) groups excluding carboxylic acids is 1. The van der Waals surface area contributed by atoms with Crippen molar-refractivity contribution in [3.63, 3.8) is 0 Å². The predicted molar refractivity (Wildman–Crippen MR) is 70.7 cm³/mol. The van der Waals surface area contributed by atoms with E-state index >= 15 is 0 Å².